The van der Waals surface area contributed by atoms with Gasteiger partial charge >= 0.3 is 5.97 Å². The first-order valence-electron chi connectivity index (χ1n) is 6.32. The predicted molar refractivity (Wildman–Crippen MR) is 84.3 cm³/mol. The number of carbonyl (C=O) groups excluding carboxylic acids is 1. The van der Waals surface area contributed by atoms with Crippen molar-refractivity contribution in [1.29, 1.82) is 0 Å². The zero-order valence-corrected chi connectivity index (χ0v) is 13.7. The van der Waals surface area contributed by atoms with Crippen molar-refractivity contribution >= 4 is 28.6 Å². The van der Waals surface area contributed by atoms with Crippen molar-refractivity contribution in [1.82, 2.24) is 0 Å². The van der Waals surface area contributed by atoms with Crippen LogP contribution in [0.25, 0.3) is 0 Å². The molecule has 0 aliphatic heterocycles. The summed E-state index contributed by atoms with van der Waals surface area (Å²) in [6.07, 6.45) is -0.569. The number of benzene rings is 1. The van der Waals surface area contributed by atoms with Crippen LogP contribution in [0, 0.1) is 15.4 Å². The second-order valence-electron chi connectivity index (χ2n) is 3.62. The van der Waals surface area contributed by atoms with Gasteiger partial charge in [-0.1, -0.05) is 18.1 Å². The van der Waals surface area contributed by atoms with Crippen LogP contribution in [0.3, 0.4) is 0 Å². The Morgan fingerprint density at radius 1 is 1.25 bits per heavy atom. The van der Waals surface area contributed by atoms with Crippen LogP contribution in [0.1, 0.15) is 24.2 Å². The van der Waals surface area contributed by atoms with E-state index < -0.39 is 6.29 Å². The summed E-state index contributed by atoms with van der Waals surface area (Å²) in [6.45, 7) is 4.78. The fraction of sp³-hybridized carbons (Fsp3) is 0.400. The molecule has 0 aliphatic carbocycles. The zero-order valence-electron chi connectivity index (χ0n) is 11.5. The third kappa shape index (κ3) is 5.90. The molecular formula is C15H17IO4. The van der Waals surface area contributed by atoms with Crippen LogP contribution in [-0.2, 0) is 14.2 Å². The minimum atomic E-state index is -0.569. The van der Waals surface area contributed by atoms with Crippen LogP contribution >= 0.6 is 22.6 Å². The summed E-state index contributed by atoms with van der Waals surface area (Å²) in [6, 6.07) is 7.24. The van der Waals surface area contributed by atoms with Gasteiger partial charge in [-0.05, 0) is 54.5 Å². The first-order chi connectivity index (χ1) is 9.69. The number of carbonyl (C=O) groups is 1. The Bertz CT molecular complexity index is 484. The summed E-state index contributed by atoms with van der Waals surface area (Å²) in [5.74, 6) is 5.12. The highest BCUT2D eigenvalue weighted by Crippen LogP contribution is 2.12. The molecule has 0 spiro atoms. The van der Waals surface area contributed by atoms with Crippen LogP contribution in [0.15, 0.2) is 24.3 Å². The van der Waals surface area contributed by atoms with E-state index in [4.69, 9.17) is 14.2 Å². The van der Waals surface area contributed by atoms with Gasteiger partial charge in [0, 0.05) is 16.8 Å². The fourth-order valence-electron chi connectivity index (χ4n) is 1.37. The monoisotopic (exact) mass is 388 g/mol. The SMILES string of the molecule is CCOC(C#CCOC(=O)c1ccccc1I)OCC. The molecule has 1 aromatic rings. The molecule has 0 fully saturated rings. The molecular weight excluding hydrogens is 371 g/mol. The smallest absolute Gasteiger partial charge is 0.340 e. The van der Waals surface area contributed by atoms with Crippen molar-refractivity contribution in [3.8, 4) is 11.8 Å². The van der Waals surface area contributed by atoms with Gasteiger partial charge in [0.2, 0.25) is 6.29 Å². The third-order valence-corrected chi connectivity index (χ3v) is 3.17. The molecule has 0 aromatic heterocycles. The molecule has 4 nitrogen and oxygen atoms in total. The lowest BCUT2D eigenvalue weighted by Crippen LogP contribution is -2.15. The van der Waals surface area contributed by atoms with E-state index in [1.54, 1.807) is 12.1 Å². The Kier molecular flexibility index (Phi) is 8.26. The molecule has 0 unspecified atom stereocenters. The molecule has 108 valence electrons. The Hall–Kier alpha value is -1.10. The molecule has 1 rings (SSSR count). The maximum absolute atomic E-state index is 11.8. The zero-order chi connectivity index (χ0) is 14.8. The van der Waals surface area contributed by atoms with Crippen molar-refractivity contribution in [2.75, 3.05) is 19.8 Å². The van der Waals surface area contributed by atoms with Crippen molar-refractivity contribution in [3.63, 3.8) is 0 Å². The van der Waals surface area contributed by atoms with Gasteiger partial charge in [-0.25, -0.2) is 4.79 Å². The molecule has 0 radical (unpaired) electrons. The molecule has 0 saturated carbocycles. The van der Waals surface area contributed by atoms with Crippen LogP contribution in [0.2, 0.25) is 0 Å². The Labute approximate surface area is 132 Å². The quantitative estimate of drug-likeness (QED) is 0.326. The maximum Gasteiger partial charge on any atom is 0.340 e. The highest BCUT2D eigenvalue weighted by atomic mass is 127. The molecule has 0 atom stereocenters. The van der Waals surface area contributed by atoms with Crippen LogP contribution in [-0.4, -0.2) is 32.1 Å². The average Bonchev–Trinajstić information content (AvgIpc) is 2.44. The Balaban J connectivity index is 2.48. The minimum absolute atomic E-state index is 0.0143. The summed E-state index contributed by atoms with van der Waals surface area (Å²) in [5, 5.41) is 0. The molecule has 20 heavy (non-hydrogen) atoms. The van der Waals surface area contributed by atoms with Crippen LogP contribution < -0.4 is 0 Å². The highest BCUT2D eigenvalue weighted by Gasteiger charge is 2.09. The van der Waals surface area contributed by atoms with Crippen LogP contribution in [0.5, 0.6) is 0 Å². The molecule has 0 heterocycles. The summed E-state index contributed by atoms with van der Waals surface area (Å²) in [4.78, 5) is 11.8. The van der Waals surface area contributed by atoms with Gasteiger partial charge in [-0.3, -0.25) is 0 Å². The first-order valence-corrected chi connectivity index (χ1v) is 7.40. The van der Waals surface area contributed by atoms with Gasteiger partial charge in [0.15, 0.2) is 6.61 Å². The highest BCUT2D eigenvalue weighted by molar-refractivity contribution is 14.1. The van der Waals surface area contributed by atoms with Gasteiger partial charge in [0.05, 0.1) is 5.56 Å². The number of hydrogen-bond acceptors (Lipinski definition) is 4. The van der Waals surface area contributed by atoms with Gasteiger partial charge in [-0.2, -0.15) is 0 Å². The minimum Gasteiger partial charge on any atom is -0.449 e. The van der Waals surface area contributed by atoms with Crippen LogP contribution in [0.4, 0.5) is 0 Å². The Morgan fingerprint density at radius 2 is 1.90 bits per heavy atom. The topological polar surface area (TPSA) is 44.8 Å². The standard InChI is InChI=1S/C15H17IO4/c1-3-18-14(19-4-2)10-7-11-20-15(17)12-8-5-6-9-13(12)16/h5-6,8-9,14H,3-4,11H2,1-2H3. The van der Waals surface area contributed by atoms with E-state index in [0.29, 0.717) is 18.8 Å². The number of ether oxygens (including phenoxy) is 3. The van der Waals surface area contributed by atoms with Gasteiger partial charge in [0.1, 0.15) is 0 Å². The van der Waals surface area contributed by atoms with Gasteiger partial charge < -0.3 is 14.2 Å². The molecule has 5 heteroatoms. The first kappa shape index (κ1) is 17.0. The van der Waals surface area contributed by atoms with Crippen molar-refractivity contribution in [2.24, 2.45) is 0 Å². The molecule has 0 bridgehead atoms. The van der Waals surface area contributed by atoms with E-state index in [0.717, 1.165) is 3.57 Å². The van der Waals surface area contributed by atoms with E-state index >= 15 is 0 Å². The largest absolute Gasteiger partial charge is 0.449 e. The fourth-order valence-corrected chi connectivity index (χ4v) is 1.97. The summed E-state index contributed by atoms with van der Waals surface area (Å²) in [5.41, 5.74) is 0.543. The van der Waals surface area contributed by atoms with E-state index in [2.05, 4.69) is 34.4 Å². The molecule has 0 N–H and O–H groups in total. The average molecular weight is 388 g/mol. The number of esters is 1. The summed E-state index contributed by atoms with van der Waals surface area (Å²) in [7, 11) is 0. The molecule has 0 aliphatic rings. The van der Waals surface area contributed by atoms with E-state index in [1.165, 1.54) is 0 Å². The second-order valence-corrected chi connectivity index (χ2v) is 4.78. The molecule has 1 aromatic carbocycles. The molecule has 0 amide bonds. The Morgan fingerprint density at radius 3 is 2.50 bits per heavy atom. The second kappa shape index (κ2) is 9.75. The lowest BCUT2D eigenvalue weighted by atomic mass is 10.2. The lowest BCUT2D eigenvalue weighted by Gasteiger charge is -2.09. The number of halogens is 1. The van der Waals surface area contributed by atoms with Crippen molar-refractivity contribution in [2.45, 2.75) is 20.1 Å². The van der Waals surface area contributed by atoms with Crippen molar-refractivity contribution in [3.05, 3.63) is 33.4 Å². The summed E-state index contributed by atoms with van der Waals surface area (Å²) < 4.78 is 16.4. The van der Waals surface area contributed by atoms with E-state index in [1.807, 2.05) is 26.0 Å². The van der Waals surface area contributed by atoms with E-state index in [9.17, 15) is 4.79 Å². The third-order valence-electron chi connectivity index (χ3n) is 2.23. The number of rotatable bonds is 6. The molecule has 0 saturated heterocycles. The summed E-state index contributed by atoms with van der Waals surface area (Å²) >= 11 is 2.09. The normalized spacial score (nSPS) is 10.0. The van der Waals surface area contributed by atoms with Gasteiger partial charge in [0.25, 0.3) is 0 Å². The van der Waals surface area contributed by atoms with Gasteiger partial charge in [-0.15, -0.1) is 0 Å². The predicted octanol–water partition coefficient (Wildman–Crippen LogP) is 2.85. The maximum atomic E-state index is 11.8. The number of hydrogen-bond donors (Lipinski definition) is 0. The van der Waals surface area contributed by atoms with Crippen molar-refractivity contribution < 1.29 is 19.0 Å². The van der Waals surface area contributed by atoms with E-state index in [-0.39, 0.29) is 12.6 Å². The lowest BCUT2D eigenvalue weighted by molar-refractivity contribution is -0.0971.